The summed E-state index contributed by atoms with van der Waals surface area (Å²) in [6.45, 7) is 2.02. The first-order valence-corrected chi connectivity index (χ1v) is 5.08. The van der Waals surface area contributed by atoms with E-state index in [1.807, 2.05) is 49.4 Å². The molecule has 0 aromatic heterocycles. The molecule has 2 aromatic carbocycles. The Bertz CT molecular complexity index is 565. The van der Waals surface area contributed by atoms with Crippen molar-refractivity contribution in [3.8, 4) is 17.2 Å². The summed E-state index contributed by atoms with van der Waals surface area (Å²) in [6, 6.07) is 15.5. The number of para-hydroxylation sites is 1. The van der Waals surface area contributed by atoms with Gasteiger partial charge in [0.05, 0.1) is 11.6 Å². The number of hydrogen-bond acceptors (Lipinski definition) is 2. The quantitative estimate of drug-likeness (QED) is 0.732. The van der Waals surface area contributed by atoms with Crippen molar-refractivity contribution in [3.05, 3.63) is 53.6 Å². The van der Waals surface area contributed by atoms with Crippen molar-refractivity contribution in [2.45, 2.75) is 6.92 Å². The molecule has 2 N–H and O–H groups in total. The number of nitriles is 1. The van der Waals surface area contributed by atoms with Crippen LogP contribution < -0.4 is 5.73 Å². The van der Waals surface area contributed by atoms with Gasteiger partial charge in [-0.15, -0.1) is 0 Å². The number of rotatable bonds is 1. The standard InChI is InChI=1S/C14H12N2/c1-10-6-7-11(9-15)8-13(10)12-4-2-3-5-14(12)16/h2-8H,16H2,1H3. The number of aryl methyl sites for hydroxylation is 1. The Morgan fingerprint density at radius 1 is 1.06 bits per heavy atom. The van der Waals surface area contributed by atoms with E-state index in [4.69, 9.17) is 11.0 Å². The summed E-state index contributed by atoms with van der Waals surface area (Å²) in [5.41, 5.74) is 10.5. The van der Waals surface area contributed by atoms with Crippen molar-refractivity contribution in [1.82, 2.24) is 0 Å². The minimum Gasteiger partial charge on any atom is -0.398 e. The summed E-state index contributed by atoms with van der Waals surface area (Å²) in [6.07, 6.45) is 0. The molecule has 0 saturated carbocycles. The third-order valence-electron chi connectivity index (χ3n) is 2.62. The molecule has 78 valence electrons. The van der Waals surface area contributed by atoms with Gasteiger partial charge in [0.1, 0.15) is 0 Å². The van der Waals surface area contributed by atoms with Crippen LogP contribution in [-0.2, 0) is 0 Å². The van der Waals surface area contributed by atoms with Crippen LogP contribution in [0.3, 0.4) is 0 Å². The van der Waals surface area contributed by atoms with Gasteiger partial charge in [0.2, 0.25) is 0 Å². The van der Waals surface area contributed by atoms with Gasteiger partial charge in [-0.25, -0.2) is 0 Å². The van der Waals surface area contributed by atoms with Crippen molar-refractivity contribution >= 4 is 5.69 Å². The number of nitrogen functional groups attached to an aromatic ring is 1. The lowest BCUT2D eigenvalue weighted by molar-refractivity contribution is 1.42. The minimum absolute atomic E-state index is 0.656. The molecule has 2 nitrogen and oxygen atoms in total. The molecule has 0 saturated heterocycles. The van der Waals surface area contributed by atoms with E-state index in [1.54, 1.807) is 0 Å². The predicted octanol–water partition coefficient (Wildman–Crippen LogP) is 3.12. The molecule has 16 heavy (non-hydrogen) atoms. The largest absolute Gasteiger partial charge is 0.398 e. The van der Waals surface area contributed by atoms with Crippen LogP contribution in [0.25, 0.3) is 11.1 Å². The molecule has 0 spiro atoms. The van der Waals surface area contributed by atoms with Crippen molar-refractivity contribution < 1.29 is 0 Å². The topological polar surface area (TPSA) is 49.8 Å². The van der Waals surface area contributed by atoms with E-state index in [-0.39, 0.29) is 0 Å². The van der Waals surface area contributed by atoms with Crippen LogP contribution in [-0.4, -0.2) is 0 Å². The third-order valence-corrected chi connectivity index (χ3v) is 2.62. The number of nitrogens with zero attached hydrogens (tertiary/aromatic N) is 1. The van der Waals surface area contributed by atoms with Crippen LogP contribution in [0.2, 0.25) is 0 Å². The van der Waals surface area contributed by atoms with Gasteiger partial charge in [-0.05, 0) is 36.2 Å². The van der Waals surface area contributed by atoms with E-state index in [2.05, 4.69) is 6.07 Å². The van der Waals surface area contributed by atoms with Crippen LogP contribution in [0, 0.1) is 18.3 Å². The molecular formula is C14H12N2. The highest BCUT2D eigenvalue weighted by molar-refractivity contribution is 5.79. The van der Waals surface area contributed by atoms with Crippen LogP contribution in [0.5, 0.6) is 0 Å². The molecule has 0 bridgehead atoms. The maximum absolute atomic E-state index is 8.89. The Balaban J connectivity index is 2.65. The molecule has 2 rings (SSSR count). The molecule has 0 unspecified atom stereocenters. The maximum atomic E-state index is 8.89. The van der Waals surface area contributed by atoms with Crippen molar-refractivity contribution in [2.75, 3.05) is 5.73 Å². The molecule has 0 atom stereocenters. The summed E-state index contributed by atoms with van der Waals surface area (Å²) in [5, 5.41) is 8.89. The second-order valence-electron chi connectivity index (χ2n) is 3.73. The summed E-state index contributed by atoms with van der Waals surface area (Å²) in [7, 11) is 0. The second-order valence-corrected chi connectivity index (χ2v) is 3.73. The van der Waals surface area contributed by atoms with E-state index in [0.29, 0.717) is 5.56 Å². The Morgan fingerprint density at radius 2 is 1.81 bits per heavy atom. The average Bonchev–Trinajstić information content (AvgIpc) is 2.31. The first-order chi connectivity index (χ1) is 7.72. The Labute approximate surface area is 95.0 Å². The number of hydrogen-bond donors (Lipinski definition) is 1. The van der Waals surface area contributed by atoms with Gasteiger partial charge in [-0.3, -0.25) is 0 Å². The predicted molar refractivity (Wildman–Crippen MR) is 65.7 cm³/mol. The molecule has 0 amide bonds. The molecule has 0 heterocycles. The molecular weight excluding hydrogens is 196 g/mol. The Hall–Kier alpha value is -2.27. The smallest absolute Gasteiger partial charge is 0.0991 e. The SMILES string of the molecule is Cc1ccc(C#N)cc1-c1ccccc1N. The van der Waals surface area contributed by atoms with Gasteiger partial charge >= 0.3 is 0 Å². The lowest BCUT2D eigenvalue weighted by atomic mass is 9.97. The first-order valence-electron chi connectivity index (χ1n) is 5.08. The molecule has 0 radical (unpaired) electrons. The highest BCUT2D eigenvalue weighted by atomic mass is 14.6. The van der Waals surface area contributed by atoms with Crippen molar-refractivity contribution in [3.63, 3.8) is 0 Å². The van der Waals surface area contributed by atoms with Crippen molar-refractivity contribution in [1.29, 1.82) is 5.26 Å². The molecule has 0 aliphatic carbocycles. The maximum Gasteiger partial charge on any atom is 0.0991 e. The minimum atomic E-state index is 0.656. The highest BCUT2D eigenvalue weighted by Crippen LogP contribution is 2.29. The average molecular weight is 208 g/mol. The fourth-order valence-corrected chi connectivity index (χ4v) is 1.72. The zero-order chi connectivity index (χ0) is 11.5. The molecule has 2 aromatic rings. The monoisotopic (exact) mass is 208 g/mol. The van der Waals surface area contributed by atoms with Crippen LogP contribution in [0.15, 0.2) is 42.5 Å². The molecule has 2 heteroatoms. The third kappa shape index (κ3) is 1.76. The van der Waals surface area contributed by atoms with Gasteiger partial charge in [-0.2, -0.15) is 5.26 Å². The Kier molecular flexibility index (Phi) is 2.61. The normalized spacial score (nSPS) is 9.75. The van der Waals surface area contributed by atoms with E-state index in [1.165, 1.54) is 0 Å². The van der Waals surface area contributed by atoms with Gasteiger partial charge in [0, 0.05) is 11.3 Å². The summed E-state index contributed by atoms with van der Waals surface area (Å²) >= 11 is 0. The van der Waals surface area contributed by atoms with E-state index in [9.17, 15) is 0 Å². The summed E-state index contributed by atoms with van der Waals surface area (Å²) in [5.74, 6) is 0. The second kappa shape index (κ2) is 4.08. The molecule has 0 aliphatic heterocycles. The summed E-state index contributed by atoms with van der Waals surface area (Å²) < 4.78 is 0. The fourth-order valence-electron chi connectivity index (χ4n) is 1.72. The Morgan fingerprint density at radius 3 is 2.50 bits per heavy atom. The molecule has 0 fully saturated rings. The zero-order valence-corrected chi connectivity index (χ0v) is 9.07. The highest BCUT2D eigenvalue weighted by Gasteiger charge is 2.05. The van der Waals surface area contributed by atoms with E-state index in [0.717, 1.165) is 22.4 Å². The number of benzene rings is 2. The van der Waals surface area contributed by atoms with Gasteiger partial charge in [-0.1, -0.05) is 24.3 Å². The number of nitrogens with two attached hydrogens (primary N) is 1. The van der Waals surface area contributed by atoms with Gasteiger partial charge in [0.25, 0.3) is 0 Å². The van der Waals surface area contributed by atoms with Crippen molar-refractivity contribution in [2.24, 2.45) is 0 Å². The van der Waals surface area contributed by atoms with E-state index >= 15 is 0 Å². The zero-order valence-electron chi connectivity index (χ0n) is 9.07. The lowest BCUT2D eigenvalue weighted by Gasteiger charge is -2.09. The van der Waals surface area contributed by atoms with Crippen LogP contribution >= 0.6 is 0 Å². The van der Waals surface area contributed by atoms with Crippen LogP contribution in [0.1, 0.15) is 11.1 Å². The van der Waals surface area contributed by atoms with Gasteiger partial charge in [0.15, 0.2) is 0 Å². The van der Waals surface area contributed by atoms with Crippen LogP contribution in [0.4, 0.5) is 5.69 Å². The van der Waals surface area contributed by atoms with Gasteiger partial charge < -0.3 is 5.73 Å². The lowest BCUT2D eigenvalue weighted by Crippen LogP contribution is -1.91. The molecule has 0 aliphatic rings. The fraction of sp³-hybridized carbons (Fsp3) is 0.0714. The van der Waals surface area contributed by atoms with E-state index < -0.39 is 0 Å². The summed E-state index contributed by atoms with van der Waals surface area (Å²) in [4.78, 5) is 0. The first kappa shape index (κ1) is 10.3. The number of anilines is 1.